The average molecular weight is 363 g/mol. The fourth-order valence-electron chi connectivity index (χ4n) is 1.68. The van der Waals surface area contributed by atoms with Crippen molar-refractivity contribution >= 4 is 31.9 Å². The fraction of sp³-hybridized carbons (Fsp3) is 0.167. The van der Waals surface area contributed by atoms with E-state index in [4.69, 9.17) is 4.42 Å². The minimum absolute atomic E-state index is 0.278. The molecule has 0 radical (unpaired) electrons. The van der Waals surface area contributed by atoms with Crippen LogP contribution in [-0.2, 0) is 0 Å². The van der Waals surface area contributed by atoms with Crippen molar-refractivity contribution in [1.82, 2.24) is 5.32 Å². The summed E-state index contributed by atoms with van der Waals surface area (Å²) in [6.07, 6.45) is 0. The lowest BCUT2D eigenvalue weighted by Crippen LogP contribution is -2.18. The van der Waals surface area contributed by atoms with E-state index in [-0.39, 0.29) is 11.9 Å². The smallest absolute Gasteiger partial charge is 0.169 e. The van der Waals surface area contributed by atoms with E-state index in [0.29, 0.717) is 20.5 Å². The second-order valence-corrected chi connectivity index (χ2v) is 5.14. The van der Waals surface area contributed by atoms with E-state index in [1.807, 2.05) is 6.07 Å². The molecule has 1 unspecified atom stereocenters. The zero-order valence-corrected chi connectivity index (χ0v) is 12.2. The van der Waals surface area contributed by atoms with Crippen LogP contribution in [0, 0.1) is 5.82 Å². The van der Waals surface area contributed by atoms with E-state index >= 15 is 0 Å². The van der Waals surface area contributed by atoms with Gasteiger partial charge < -0.3 is 9.73 Å². The van der Waals surface area contributed by atoms with Crippen LogP contribution >= 0.6 is 31.9 Å². The molecule has 90 valence electrons. The molecule has 1 N–H and O–H groups in total. The summed E-state index contributed by atoms with van der Waals surface area (Å²) in [6, 6.07) is 8.49. The summed E-state index contributed by atoms with van der Waals surface area (Å²) >= 11 is 6.42. The molecule has 1 aromatic carbocycles. The van der Waals surface area contributed by atoms with Gasteiger partial charge in [-0.1, -0.05) is 12.1 Å². The quantitative estimate of drug-likeness (QED) is 0.882. The lowest BCUT2D eigenvalue weighted by atomic mass is 10.0. The van der Waals surface area contributed by atoms with E-state index in [1.54, 1.807) is 31.3 Å². The van der Waals surface area contributed by atoms with Gasteiger partial charge in [0.1, 0.15) is 11.6 Å². The topological polar surface area (TPSA) is 25.2 Å². The van der Waals surface area contributed by atoms with Crippen LogP contribution in [-0.4, -0.2) is 7.05 Å². The van der Waals surface area contributed by atoms with Crippen LogP contribution in [0.3, 0.4) is 0 Å². The predicted octanol–water partition coefficient (Wildman–Crippen LogP) is 4.25. The lowest BCUT2D eigenvalue weighted by Gasteiger charge is -2.15. The maximum Gasteiger partial charge on any atom is 0.169 e. The molecule has 0 amide bonds. The molecule has 0 saturated carbocycles. The van der Waals surface area contributed by atoms with Crippen molar-refractivity contribution in [1.29, 1.82) is 0 Å². The van der Waals surface area contributed by atoms with Gasteiger partial charge in [-0.2, -0.15) is 0 Å². The number of furan rings is 1. The first-order chi connectivity index (χ1) is 8.13. The molecule has 0 aliphatic rings. The van der Waals surface area contributed by atoms with Crippen molar-refractivity contribution in [2.75, 3.05) is 7.05 Å². The zero-order chi connectivity index (χ0) is 12.4. The number of rotatable bonds is 3. The van der Waals surface area contributed by atoms with E-state index in [2.05, 4.69) is 37.2 Å². The monoisotopic (exact) mass is 361 g/mol. The first kappa shape index (κ1) is 12.8. The number of hydrogen-bond acceptors (Lipinski definition) is 2. The fourth-order valence-corrected chi connectivity index (χ4v) is 2.38. The van der Waals surface area contributed by atoms with Crippen LogP contribution < -0.4 is 5.32 Å². The van der Waals surface area contributed by atoms with Crippen LogP contribution in [0.5, 0.6) is 0 Å². The van der Waals surface area contributed by atoms with Gasteiger partial charge in [-0.15, -0.1) is 0 Å². The van der Waals surface area contributed by atoms with Gasteiger partial charge in [-0.25, -0.2) is 4.39 Å². The molecule has 2 nitrogen and oxygen atoms in total. The number of halogens is 3. The summed E-state index contributed by atoms with van der Waals surface area (Å²) in [5.74, 6) is 0.385. The Hall–Kier alpha value is -0.650. The van der Waals surface area contributed by atoms with Gasteiger partial charge in [0.05, 0.1) is 10.5 Å². The third-order valence-corrected chi connectivity index (χ3v) is 3.50. The molecular weight excluding hydrogens is 353 g/mol. The molecule has 5 heteroatoms. The van der Waals surface area contributed by atoms with Crippen molar-refractivity contribution in [3.05, 3.63) is 56.6 Å². The van der Waals surface area contributed by atoms with Crippen molar-refractivity contribution in [2.45, 2.75) is 6.04 Å². The summed E-state index contributed by atoms with van der Waals surface area (Å²) in [7, 11) is 1.77. The molecule has 1 atom stereocenters. The summed E-state index contributed by atoms with van der Waals surface area (Å²) < 4.78 is 20.5. The van der Waals surface area contributed by atoms with Gasteiger partial charge in [-0.3, -0.25) is 0 Å². The number of nitrogens with one attached hydrogen (secondary N) is 1. The van der Waals surface area contributed by atoms with Crippen LogP contribution in [0.25, 0.3) is 0 Å². The molecule has 0 saturated heterocycles. The van der Waals surface area contributed by atoms with Crippen molar-refractivity contribution < 1.29 is 8.81 Å². The van der Waals surface area contributed by atoms with Crippen LogP contribution in [0.4, 0.5) is 4.39 Å². The highest BCUT2D eigenvalue weighted by atomic mass is 79.9. The SMILES string of the molecule is CNC(c1ccc(Br)o1)c1cccc(Br)c1F. The summed E-state index contributed by atoms with van der Waals surface area (Å²) in [5, 5.41) is 3.04. The molecule has 1 heterocycles. The molecule has 0 aliphatic heterocycles. The Labute approximate surface area is 115 Å². The molecule has 2 aromatic rings. The molecule has 2 rings (SSSR count). The third-order valence-electron chi connectivity index (χ3n) is 2.46. The van der Waals surface area contributed by atoms with Crippen LogP contribution in [0.15, 0.2) is 43.9 Å². The number of benzene rings is 1. The van der Waals surface area contributed by atoms with E-state index in [0.717, 1.165) is 0 Å². The number of hydrogen-bond donors (Lipinski definition) is 1. The van der Waals surface area contributed by atoms with Crippen LogP contribution in [0.2, 0.25) is 0 Å². The average Bonchev–Trinajstić information content (AvgIpc) is 2.72. The Morgan fingerprint density at radius 3 is 2.59 bits per heavy atom. The van der Waals surface area contributed by atoms with Crippen molar-refractivity contribution in [3.8, 4) is 0 Å². The molecular formula is C12H10Br2FNO. The molecule has 0 fully saturated rings. The minimum atomic E-state index is -0.307. The maximum absolute atomic E-state index is 14.0. The second-order valence-electron chi connectivity index (χ2n) is 3.51. The van der Waals surface area contributed by atoms with Crippen LogP contribution in [0.1, 0.15) is 17.4 Å². The third kappa shape index (κ3) is 2.61. The van der Waals surface area contributed by atoms with Gasteiger partial charge >= 0.3 is 0 Å². The predicted molar refractivity (Wildman–Crippen MR) is 71.4 cm³/mol. The van der Waals surface area contributed by atoms with Gasteiger partial charge in [0.15, 0.2) is 4.67 Å². The summed E-state index contributed by atoms with van der Waals surface area (Å²) in [4.78, 5) is 0. The molecule has 1 aromatic heterocycles. The second kappa shape index (κ2) is 5.33. The van der Waals surface area contributed by atoms with Gasteiger partial charge in [0.2, 0.25) is 0 Å². The van der Waals surface area contributed by atoms with Crippen molar-refractivity contribution in [3.63, 3.8) is 0 Å². The van der Waals surface area contributed by atoms with Gasteiger partial charge in [-0.05, 0) is 57.1 Å². The van der Waals surface area contributed by atoms with Gasteiger partial charge in [0.25, 0.3) is 0 Å². The van der Waals surface area contributed by atoms with E-state index < -0.39 is 0 Å². The Morgan fingerprint density at radius 1 is 1.24 bits per heavy atom. The molecule has 0 aliphatic carbocycles. The highest BCUT2D eigenvalue weighted by molar-refractivity contribution is 9.10. The highest BCUT2D eigenvalue weighted by Crippen LogP contribution is 2.30. The highest BCUT2D eigenvalue weighted by Gasteiger charge is 2.20. The van der Waals surface area contributed by atoms with Crippen molar-refractivity contribution in [2.24, 2.45) is 0 Å². The molecule has 0 spiro atoms. The maximum atomic E-state index is 14.0. The first-order valence-electron chi connectivity index (χ1n) is 5.00. The van der Waals surface area contributed by atoms with Gasteiger partial charge in [0, 0.05) is 5.56 Å². The molecule has 0 bridgehead atoms. The first-order valence-corrected chi connectivity index (χ1v) is 6.58. The molecule has 17 heavy (non-hydrogen) atoms. The van der Waals surface area contributed by atoms with E-state index in [1.165, 1.54) is 0 Å². The van der Waals surface area contributed by atoms with E-state index in [9.17, 15) is 4.39 Å². The Morgan fingerprint density at radius 2 is 2.00 bits per heavy atom. The normalized spacial score (nSPS) is 12.7. The zero-order valence-electron chi connectivity index (χ0n) is 9.01. The summed E-state index contributed by atoms with van der Waals surface area (Å²) in [5.41, 5.74) is 0.545. The Kier molecular flexibility index (Phi) is 4.01. The lowest BCUT2D eigenvalue weighted by molar-refractivity contribution is 0.438. The summed E-state index contributed by atoms with van der Waals surface area (Å²) in [6.45, 7) is 0. The largest absolute Gasteiger partial charge is 0.452 e. The Bertz CT molecular complexity index is 527. The minimum Gasteiger partial charge on any atom is -0.452 e. The standard InChI is InChI=1S/C12H10Br2FNO/c1-16-12(9-5-6-10(14)17-9)7-3-2-4-8(13)11(7)15/h2-6,12,16H,1H3. The Balaban J connectivity index is 2.45.